The molecule has 0 radical (unpaired) electrons. The van der Waals surface area contributed by atoms with Gasteiger partial charge in [-0.3, -0.25) is 20.4 Å². The Kier molecular flexibility index (Phi) is 5.45. The lowest BCUT2D eigenvalue weighted by Gasteiger charge is -2.25. The maximum Gasteiger partial charge on any atom is 0.238 e. The molecule has 0 amide bonds. The molecular formula is C21H27N9O2. The number of hydrogen-bond donors (Lipinski definition) is 4. The third kappa shape index (κ3) is 3.72. The maximum absolute atomic E-state index is 8.90. The molecular weight excluding hydrogens is 410 g/mol. The summed E-state index contributed by atoms with van der Waals surface area (Å²) in [6.45, 7) is 4.40. The molecule has 1 aliphatic heterocycles. The van der Waals surface area contributed by atoms with Crippen LogP contribution in [-0.2, 0) is 11.3 Å². The molecule has 11 heteroatoms. The molecule has 4 N–H and O–H groups in total. The highest BCUT2D eigenvalue weighted by Gasteiger charge is 2.21. The lowest BCUT2D eigenvalue weighted by Crippen LogP contribution is -2.36. The summed E-state index contributed by atoms with van der Waals surface area (Å²) < 4.78 is 14.5. The van der Waals surface area contributed by atoms with E-state index in [0.29, 0.717) is 29.3 Å². The van der Waals surface area contributed by atoms with E-state index >= 15 is 0 Å². The first kappa shape index (κ1) is 21.5. The molecule has 32 heavy (non-hydrogen) atoms. The number of aromatic nitrogens is 4. The average molecular weight is 438 g/mol. The van der Waals surface area contributed by atoms with E-state index in [-0.39, 0.29) is 11.1 Å². The highest BCUT2D eigenvalue weighted by atomic mass is 16.5. The Bertz CT molecular complexity index is 1320. The first-order valence-corrected chi connectivity index (χ1v) is 10.0. The number of nitrogens with zero attached hydrogens (tertiary/aromatic N) is 5. The Labute approximate surface area is 184 Å². The number of hydrogen-bond acceptors (Lipinski definition) is 9. The second-order valence-corrected chi connectivity index (χ2v) is 8.05. The van der Waals surface area contributed by atoms with Gasteiger partial charge in [-0.05, 0) is 32.0 Å². The van der Waals surface area contributed by atoms with Gasteiger partial charge >= 0.3 is 0 Å². The standard InChI is InChI=1S/C21H27N9O2/c1-21(2,32-5)12-29-9-8-13-10-24-20(23)30(17(13)18(29)22)15-7-6-14(26-19(15)31-4)16-11-25-27-28(16)3/h6-11,22-23,25,27H,12H2,1-5H3. The van der Waals surface area contributed by atoms with Crippen molar-refractivity contribution in [3.05, 3.63) is 53.6 Å². The van der Waals surface area contributed by atoms with Crippen molar-refractivity contribution in [2.75, 3.05) is 21.3 Å². The summed E-state index contributed by atoms with van der Waals surface area (Å²) in [5.74, 6) is 0.323. The fourth-order valence-corrected chi connectivity index (χ4v) is 3.57. The Morgan fingerprint density at radius 2 is 1.94 bits per heavy atom. The second kappa shape index (κ2) is 8.09. The number of hydrazine groups is 2. The van der Waals surface area contributed by atoms with Gasteiger partial charge in [0, 0.05) is 38.1 Å². The summed E-state index contributed by atoms with van der Waals surface area (Å²) >= 11 is 0. The van der Waals surface area contributed by atoms with Crippen molar-refractivity contribution in [3.63, 3.8) is 0 Å². The molecule has 3 aromatic rings. The van der Waals surface area contributed by atoms with Crippen LogP contribution >= 0.6 is 0 Å². The molecule has 4 heterocycles. The van der Waals surface area contributed by atoms with Crippen molar-refractivity contribution in [1.29, 1.82) is 10.8 Å². The third-order valence-corrected chi connectivity index (χ3v) is 5.42. The van der Waals surface area contributed by atoms with E-state index < -0.39 is 5.60 Å². The number of fused-ring (bicyclic) bond motifs is 1. The first-order valence-electron chi connectivity index (χ1n) is 10.0. The van der Waals surface area contributed by atoms with E-state index in [0.717, 1.165) is 11.1 Å². The SMILES string of the molecule is COc1nc(C2=CNNN2C)ccc1-n1c(=N)ncc2ccn(CC(C)(C)OC)c(=N)c21. The number of pyridine rings is 2. The zero-order chi connectivity index (χ0) is 23.0. The zero-order valence-corrected chi connectivity index (χ0v) is 18.7. The number of ether oxygens (including phenoxy) is 2. The van der Waals surface area contributed by atoms with Crippen LogP contribution < -0.4 is 26.8 Å². The van der Waals surface area contributed by atoms with Gasteiger partial charge in [-0.15, -0.1) is 5.53 Å². The van der Waals surface area contributed by atoms with Crippen LogP contribution in [0.15, 0.2) is 36.8 Å². The highest BCUT2D eigenvalue weighted by Crippen LogP contribution is 2.26. The Morgan fingerprint density at radius 1 is 1.16 bits per heavy atom. The van der Waals surface area contributed by atoms with Crippen LogP contribution in [-0.4, -0.2) is 51.0 Å². The smallest absolute Gasteiger partial charge is 0.238 e. The van der Waals surface area contributed by atoms with Crippen molar-refractivity contribution in [2.45, 2.75) is 26.0 Å². The quantitative estimate of drug-likeness (QED) is 0.450. The maximum atomic E-state index is 8.90. The van der Waals surface area contributed by atoms with Crippen LogP contribution in [0, 0.1) is 10.8 Å². The molecule has 4 rings (SSSR count). The Hall–Kier alpha value is -3.70. The van der Waals surface area contributed by atoms with Gasteiger partial charge in [-0.25, -0.2) is 9.97 Å². The molecule has 0 saturated heterocycles. The van der Waals surface area contributed by atoms with Crippen molar-refractivity contribution in [2.24, 2.45) is 0 Å². The van der Waals surface area contributed by atoms with Gasteiger partial charge in [-0.2, -0.15) is 0 Å². The van der Waals surface area contributed by atoms with Gasteiger partial charge in [0.2, 0.25) is 11.5 Å². The molecule has 0 unspecified atom stereocenters. The van der Waals surface area contributed by atoms with Gasteiger partial charge in [0.15, 0.2) is 0 Å². The predicted molar refractivity (Wildman–Crippen MR) is 118 cm³/mol. The summed E-state index contributed by atoms with van der Waals surface area (Å²) in [5, 5.41) is 19.9. The van der Waals surface area contributed by atoms with Gasteiger partial charge < -0.3 is 19.5 Å². The predicted octanol–water partition coefficient (Wildman–Crippen LogP) is 0.868. The molecule has 0 saturated carbocycles. The average Bonchev–Trinajstić information content (AvgIpc) is 3.21. The molecule has 168 valence electrons. The molecule has 1 aliphatic rings. The van der Waals surface area contributed by atoms with Crippen LogP contribution in [0.2, 0.25) is 0 Å². The van der Waals surface area contributed by atoms with Gasteiger partial charge in [0.05, 0.1) is 30.6 Å². The minimum atomic E-state index is -0.459. The molecule has 3 aromatic heterocycles. The number of nitrogens with one attached hydrogen (secondary N) is 4. The molecule has 0 spiro atoms. The summed E-state index contributed by atoms with van der Waals surface area (Å²) in [6, 6.07) is 5.55. The Morgan fingerprint density at radius 3 is 2.59 bits per heavy atom. The monoisotopic (exact) mass is 437 g/mol. The van der Waals surface area contributed by atoms with E-state index in [1.165, 1.54) is 7.11 Å². The van der Waals surface area contributed by atoms with Crippen LogP contribution in [0.5, 0.6) is 5.88 Å². The second-order valence-electron chi connectivity index (χ2n) is 8.05. The normalized spacial score (nSPS) is 13.9. The van der Waals surface area contributed by atoms with Crippen molar-refractivity contribution >= 4 is 16.6 Å². The minimum absolute atomic E-state index is 0.0249. The van der Waals surface area contributed by atoms with Gasteiger partial charge in [0.25, 0.3) is 0 Å². The number of methoxy groups -OCH3 is 2. The molecule has 11 nitrogen and oxygen atoms in total. The van der Waals surface area contributed by atoms with E-state index in [1.807, 2.05) is 45.3 Å². The number of rotatable bonds is 6. The molecule has 0 bridgehead atoms. The summed E-state index contributed by atoms with van der Waals surface area (Å²) in [4.78, 5) is 8.86. The molecule has 0 fully saturated rings. The summed E-state index contributed by atoms with van der Waals surface area (Å²) in [6.07, 6.45) is 5.23. The largest absolute Gasteiger partial charge is 0.479 e. The van der Waals surface area contributed by atoms with E-state index in [2.05, 4.69) is 20.9 Å². The first-order chi connectivity index (χ1) is 15.3. The summed E-state index contributed by atoms with van der Waals surface area (Å²) in [5.41, 5.74) is 8.21. The van der Waals surface area contributed by atoms with Crippen LogP contribution in [0.1, 0.15) is 19.5 Å². The van der Waals surface area contributed by atoms with Crippen molar-refractivity contribution in [3.8, 4) is 11.6 Å². The molecule has 0 aromatic carbocycles. The lowest BCUT2D eigenvalue weighted by atomic mass is 10.1. The van der Waals surface area contributed by atoms with Gasteiger partial charge in [-0.1, -0.05) is 0 Å². The highest BCUT2D eigenvalue weighted by molar-refractivity contribution is 5.78. The van der Waals surface area contributed by atoms with Crippen molar-refractivity contribution < 1.29 is 9.47 Å². The van der Waals surface area contributed by atoms with E-state index in [4.69, 9.17) is 20.3 Å². The summed E-state index contributed by atoms with van der Waals surface area (Å²) in [7, 11) is 5.05. The van der Waals surface area contributed by atoms with E-state index in [1.54, 1.807) is 33.6 Å². The van der Waals surface area contributed by atoms with Crippen LogP contribution in [0.25, 0.3) is 22.3 Å². The molecule has 0 aliphatic carbocycles. The van der Waals surface area contributed by atoms with Crippen LogP contribution in [0.3, 0.4) is 0 Å². The fraction of sp³-hybridized carbons (Fsp3) is 0.333. The van der Waals surface area contributed by atoms with Crippen molar-refractivity contribution in [1.82, 2.24) is 35.1 Å². The fourth-order valence-electron chi connectivity index (χ4n) is 3.57. The topological polar surface area (TPSA) is 129 Å². The minimum Gasteiger partial charge on any atom is -0.479 e. The third-order valence-electron chi connectivity index (χ3n) is 5.42. The van der Waals surface area contributed by atoms with Gasteiger partial charge in [0.1, 0.15) is 16.7 Å². The Balaban J connectivity index is 1.93. The molecule has 0 atom stereocenters. The van der Waals surface area contributed by atoms with E-state index in [9.17, 15) is 0 Å². The van der Waals surface area contributed by atoms with Crippen LogP contribution in [0.4, 0.5) is 0 Å². The zero-order valence-electron chi connectivity index (χ0n) is 18.7. The lowest BCUT2D eigenvalue weighted by molar-refractivity contribution is 0.00721.